The van der Waals surface area contributed by atoms with Crippen LogP contribution in [0.15, 0.2) is 54.2 Å². The van der Waals surface area contributed by atoms with Crippen molar-refractivity contribution < 1.29 is 9.59 Å². The molecule has 0 aliphatic carbocycles. The van der Waals surface area contributed by atoms with Gasteiger partial charge in [0.25, 0.3) is 11.8 Å². The topological polar surface area (TPSA) is 40.6 Å². The summed E-state index contributed by atoms with van der Waals surface area (Å²) in [4.78, 5) is 30.6. The van der Waals surface area contributed by atoms with E-state index in [9.17, 15) is 9.59 Å². The molecule has 4 heteroatoms. The molecule has 2 aromatic rings. The van der Waals surface area contributed by atoms with Crippen LogP contribution in [0, 0.1) is 25.7 Å². The molecule has 0 spiro atoms. The number of rotatable bonds is 6. The third-order valence-corrected chi connectivity index (χ3v) is 6.64. The third kappa shape index (κ3) is 4.50. The molecule has 2 amide bonds. The number of hydrogen-bond acceptors (Lipinski definition) is 3. The Morgan fingerprint density at radius 2 is 1.62 bits per heavy atom. The lowest BCUT2D eigenvalue weighted by Crippen LogP contribution is -2.40. The van der Waals surface area contributed by atoms with E-state index in [4.69, 9.17) is 0 Å². The van der Waals surface area contributed by atoms with Crippen molar-refractivity contribution in [1.82, 2.24) is 9.80 Å². The lowest BCUT2D eigenvalue weighted by atomic mass is 9.89. The number of amides is 2. The van der Waals surface area contributed by atoms with E-state index in [0.717, 1.165) is 49.0 Å². The van der Waals surface area contributed by atoms with E-state index in [0.29, 0.717) is 23.7 Å². The van der Waals surface area contributed by atoms with Gasteiger partial charge in [0.05, 0.1) is 5.57 Å². The molecule has 0 unspecified atom stereocenters. The molecular weight excluding hydrogens is 396 g/mol. The van der Waals surface area contributed by atoms with Gasteiger partial charge in [-0.15, -0.1) is 0 Å². The first kappa shape index (κ1) is 22.3. The van der Waals surface area contributed by atoms with Crippen LogP contribution in [0.2, 0.25) is 0 Å². The maximum absolute atomic E-state index is 13.5. The summed E-state index contributed by atoms with van der Waals surface area (Å²) in [5.41, 5.74) is 5.67. The predicted octanol–water partition coefficient (Wildman–Crippen LogP) is 4.99. The van der Waals surface area contributed by atoms with Gasteiger partial charge in [-0.3, -0.25) is 14.5 Å². The molecule has 1 saturated heterocycles. The first-order chi connectivity index (χ1) is 15.3. The number of imide groups is 1. The summed E-state index contributed by atoms with van der Waals surface area (Å²) in [7, 11) is 0. The lowest BCUT2D eigenvalue weighted by molar-refractivity contribution is -0.138. The van der Waals surface area contributed by atoms with Crippen LogP contribution in [0.5, 0.6) is 0 Å². The Balaban J connectivity index is 1.61. The van der Waals surface area contributed by atoms with Gasteiger partial charge >= 0.3 is 0 Å². The highest BCUT2D eigenvalue weighted by Crippen LogP contribution is 2.36. The van der Waals surface area contributed by atoms with Crippen LogP contribution in [-0.2, 0) is 16.0 Å². The molecule has 2 aliphatic heterocycles. The molecule has 0 bridgehead atoms. The van der Waals surface area contributed by atoms with Crippen molar-refractivity contribution in [2.75, 3.05) is 19.6 Å². The Kier molecular flexibility index (Phi) is 6.50. The number of carbonyl (C=O) groups excluding carboxylic acids is 2. The monoisotopic (exact) mass is 430 g/mol. The van der Waals surface area contributed by atoms with Gasteiger partial charge in [0.1, 0.15) is 5.70 Å². The van der Waals surface area contributed by atoms with Gasteiger partial charge in [-0.25, -0.2) is 0 Å². The van der Waals surface area contributed by atoms with Crippen LogP contribution in [-0.4, -0.2) is 41.2 Å². The van der Waals surface area contributed by atoms with Crippen LogP contribution in [0.4, 0.5) is 0 Å². The second-order valence-corrected chi connectivity index (χ2v) is 9.78. The van der Waals surface area contributed by atoms with Crippen LogP contribution in [0.3, 0.4) is 0 Å². The van der Waals surface area contributed by atoms with Crippen molar-refractivity contribution in [3.05, 3.63) is 76.5 Å². The van der Waals surface area contributed by atoms with Gasteiger partial charge in [0.15, 0.2) is 0 Å². The van der Waals surface area contributed by atoms with Crippen molar-refractivity contribution in [1.29, 1.82) is 0 Å². The normalized spacial score (nSPS) is 17.8. The Morgan fingerprint density at radius 1 is 0.938 bits per heavy atom. The fourth-order valence-electron chi connectivity index (χ4n) is 5.03. The van der Waals surface area contributed by atoms with E-state index in [1.54, 1.807) is 0 Å². The summed E-state index contributed by atoms with van der Waals surface area (Å²) in [5, 5.41) is 0. The SMILES string of the molecule is Cc1ccc(C2=C(N3CCC(Cc4ccccc4)CC3)C(=O)N(CC(C)C)C2=O)c(C)c1. The van der Waals surface area contributed by atoms with Crippen molar-refractivity contribution in [2.24, 2.45) is 11.8 Å². The molecular formula is C28H34N2O2. The average molecular weight is 431 g/mol. The molecule has 32 heavy (non-hydrogen) atoms. The third-order valence-electron chi connectivity index (χ3n) is 6.64. The Hall–Kier alpha value is -2.88. The van der Waals surface area contributed by atoms with Crippen molar-refractivity contribution >= 4 is 17.4 Å². The quantitative estimate of drug-likeness (QED) is 0.606. The molecule has 4 nitrogen and oxygen atoms in total. The van der Waals surface area contributed by atoms with Crippen molar-refractivity contribution in [2.45, 2.75) is 47.0 Å². The average Bonchev–Trinajstić information content (AvgIpc) is 2.99. The predicted molar refractivity (Wildman–Crippen MR) is 129 cm³/mol. The molecule has 2 aromatic carbocycles. The van der Waals surface area contributed by atoms with E-state index in [2.05, 4.69) is 48.2 Å². The first-order valence-corrected chi connectivity index (χ1v) is 11.8. The van der Waals surface area contributed by atoms with Crippen molar-refractivity contribution in [3.63, 3.8) is 0 Å². The molecule has 0 saturated carbocycles. The van der Waals surface area contributed by atoms with Crippen LogP contribution < -0.4 is 0 Å². The molecule has 1 fully saturated rings. The number of hydrogen-bond donors (Lipinski definition) is 0. The van der Waals surface area contributed by atoms with E-state index in [1.807, 2.05) is 32.9 Å². The zero-order valence-electron chi connectivity index (χ0n) is 19.7. The zero-order valence-corrected chi connectivity index (χ0v) is 19.7. The van der Waals surface area contributed by atoms with Gasteiger partial charge in [-0.2, -0.15) is 0 Å². The largest absolute Gasteiger partial charge is 0.366 e. The molecule has 2 aliphatic rings. The number of aryl methyl sites for hydroxylation is 2. The van der Waals surface area contributed by atoms with Crippen LogP contribution >= 0.6 is 0 Å². The minimum absolute atomic E-state index is 0.125. The highest BCUT2D eigenvalue weighted by atomic mass is 16.2. The minimum Gasteiger partial charge on any atom is -0.366 e. The molecule has 0 N–H and O–H groups in total. The number of piperidine rings is 1. The molecule has 168 valence electrons. The smallest absolute Gasteiger partial charge is 0.277 e. The highest BCUT2D eigenvalue weighted by Gasteiger charge is 2.42. The molecule has 4 rings (SSSR count). The fourth-order valence-corrected chi connectivity index (χ4v) is 5.03. The Morgan fingerprint density at radius 3 is 2.25 bits per heavy atom. The van der Waals surface area contributed by atoms with Gasteiger partial charge in [0, 0.05) is 19.6 Å². The zero-order chi connectivity index (χ0) is 22.8. The van der Waals surface area contributed by atoms with Crippen LogP contribution in [0.1, 0.15) is 48.9 Å². The van der Waals surface area contributed by atoms with Crippen molar-refractivity contribution in [3.8, 4) is 0 Å². The first-order valence-electron chi connectivity index (χ1n) is 11.8. The second-order valence-electron chi connectivity index (χ2n) is 9.78. The summed E-state index contributed by atoms with van der Waals surface area (Å²) in [6.45, 7) is 10.3. The summed E-state index contributed by atoms with van der Waals surface area (Å²) < 4.78 is 0. The number of nitrogens with zero attached hydrogens (tertiary/aromatic N) is 2. The van der Waals surface area contributed by atoms with E-state index in [1.165, 1.54) is 10.5 Å². The highest BCUT2D eigenvalue weighted by molar-refractivity contribution is 6.35. The van der Waals surface area contributed by atoms with Crippen LogP contribution in [0.25, 0.3) is 5.57 Å². The van der Waals surface area contributed by atoms with Gasteiger partial charge < -0.3 is 4.90 Å². The molecule has 0 radical (unpaired) electrons. The standard InChI is InChI=1S/C28H34N2O2/c1-19(2)18-30-27(31)25(24-11-10-20(3)16-21(24)4)26(28(30)32)29-14-12-23(13-15-29)17-22-8-6-5-7-9-22/h5-11,16,19,23H,12-15,17-18H2,1-4H3. The van der Waals surface area contributed by atoms with E-state index < -0.39 is 0 Å². The summed E-state index contributed by atoms with van der Waals surface area (Å²) in [6.07, 6.45) is 3.14. The summed E-state index contributed by atoms with van der Waals surface area (Å²) in [6, 6.07) is 16.8. The summed E-state index contributed by atoms with van der Waals surface area (Å²) in [5.74, 6) is 0.578. The fraction of sp³-hybridized carbons (Fsp3) is 0.429. The van der Waals surface area contributed by atoms with Gasteiger partial charge in [-0.1, -0.05) is 67.9 Å². The van der Waals surface area contributed by atoms with Gasteiger partial charge in [-0.05, 0) is 61.6 Å². The van der Waals surface area contributed by atoms with E-state index in [-0.39, 0.29) is 17.7 Å². The molecule has 0 aromatic heterocycles. The maximum atomic E-state index is 13.5. The Labute approximate surface area is 191 Å². The molecule has 0 atom stereocenters. The minimum atomic E-state index is -0.142. The van der Waals surface area contributed by atoms with Gasteiger partial charge in [0.2, 0.25) is 0 Å². The second kappa shape index (κ2) is 9.32. The van der Waals surface area contributed by atoms with E-state index >= 15 is 0 Å². The Bertz CT molecular complexity index is 1030. The summed E-state index contributed by atoms with van der Waals surface area (Å²) >= 11 is 0. The number of likely N-dealkylation sites (tertiary alicyclic amines) is 1. The number of carbonyl (C=O) groups is 2. The maximum Gasteiger partial charge on any atom is 0.277 e. The number of benzene rings is 2. The lowest BCUT2D eigenvalue weighted by Gasteiger charge is -2.34. The molecule has 2 heterocycles.